The van der Waals surface area contributed by atoms with E-state index in [1.165, 1.54) is 5.56 Å². The van der Waals surface area contributed by atoms with Crippen LogP contribution in [0.5, 0.6) is 0 Å². The maximum Gasteiger partial charge on any atom is 0.257 e. The molecule has 2 aliphatic rings. The molecule has 8 heteroatoms. The molecule has 4 heterocycles. The minimum Gasteiger partial charge on any atom is -0.365 e. The van der Waals surface area contributed by atoms with Crippen LogP contribution in [0.2, 0.25) is 0 Å². The van der Waals surface area contributed by atoms with E-state index in [2.05, 4.69) is 26.0 Å². The van der Waals surface area contributed by atoms with Crippen molar-refractivity contribution in [2.75, 3.05) is 36.0 Å². The molecule has 1 amide bonds. The number of anilines is 2. The SMILES string of the molecule is Cn1ncc2c(N3CCOC(C(=O)N4CCc5ccccc54)C3)ncnc21. The second-order valence-corrected chi connectivity index (χ2v) is 6.88. The highest BCUT2D eigenvalue weighted by atomic mass is 16.5. The number of aryl methyl sites for hydroxylation is 1. The fourth-order valence-electron chi connectivity index (χ4n) is 3.93. The summed E-state index contributed by atoms with van der Waals surface area (Å²) in [5.41, 5.74) is 2.99. The zero-order valence-electron chi connectivity index (χ0n) is 15.1. The number of amides is 1. The van der Waals surface area contributed by atoms with Crippen LogP contribution in [0, 0.1) is 0 Å². The number of benzene rings is 1. The van der Waals surface area contributed by atoms with E-state index in [1.807, 2.05) is 30.1 Å². The quantitative estimate of drug-likeness (QED) is 0.679. The van der Waals surface area contributed by atoms with Gasteiger partial charge in [-0.3, -0.25) is 9.48 Å². The fourth-order valence-corrected chi connectivity index (χ4v) is 3.93. The number of para-hydroxylation sites is 1. The van der Waals surface area contributed by atoms with Gasteiger partial charge in [-0.05, 0) is 18.1 Å². The Morgan fingerprint density at radius 3 is 3.04 bits per heavy atom. The molecule has 138 valence electrons. The van der Waals surface area contributed by atoms with E-state index in [-0.39, 0.29) is 5.91 Å². The van der Waals surface area contributed by atoms with E-state index in [1.54, 1.807) is 17.2 Å². The number of morpholine rings is 1. The number of hydrogen-bond donors (Lipinski definition) is 0. The van der Waals surface area contributed by atoms with Crippen molar-refractivity contribution in [3.05, 3.63) is 42.4 Å². The molecule has 0 spiro atoms. The van der Waals surface area contributed by atoms with Gasteiger partial charge in [0.25, 0.3) is 5.91 Å². The van der Waals surface area contributed by atoms with E-state index in [9.17, 15) is 4.79 Å². The number of nitrogens with zero attached hydrogens (tertiary/aromatic N) is 6. The highest BCUT2D eigenvalue weighted by Gasteiger charge is 2.34. The summed E-state index contributed by atoms with van der Waals surface area (Å²) in [4.78, 5) is 25.8. The van der Waals surface area contributed by atoms with Gasteiger partial charge < -0.3 is 14.5 Å². The number of fused-ring (bicyclic) bond motifs is 2. The predicted molar refractivity (Wildman–Crippen MR) is 101 cm³/mol. The summed E-state index contributed by atoms with van der Waals surface area (Å²) in [5.74, 6) is 0.817. The van der Waals surface area contributed by atoms with Crippen molar-refractivity contribution in [2.45, 2.75) is 12.5 Å². The molecule has 1 unspecified atom stereocenters. The zero-order valence-corrected chi connectivity index (χ0v) is 15.1. The minimum atomic E-state index is -0.508. The Balaban J connectivity index is 1.40. The molecule has 5 rings (SSSR count). The molecule has 1 saturated heterocycles. The van der Waals surface area contributed by atoms with Gasteiger partial charge in [0.2, 0.25) is 0 Å². The van der Waals surface area contributed by atoms with Crippen molar-refractivity contribution < 1.29 is 9.53 Å². The second kappa shape index (κ2) is 6.31. The third-order valence-electron chi connectivity index (χ3n) is 5.30. The number of ether oxygens (including phenoxy) is 1. The summed E-state index contributed by atoms with van der Waals surface area (Å²) in [6, 6.07) is 8.07. The van der Waals surface area contributed by atoms with E-state index < -0.39 is 6.10 Å². The summed E-state index contributed by atoms with van der Waals surface area (Å²) in [5, 5.41) is 5.16. The van der Waals surface area contributed by atoms with E-state index in [4.69, 9.17) is 4.74 Å². The van der Waals surface area contributed by atoms with Gasteiger partial charge >= 0.3 is 0 Å². The molecular weight excluding hydrogens is 344 g/mol. The first-order valence-electron chi connectivity index (χ1n) is 9.11. The number of carbonyl (C=O) groups is 1. The smallest absolute Gasteiger partial charge is 0.257 e. The Kier molecular flexibility index (Phi) is 3.78. The monoisotopic (exact) mass is 364 g/mol. The Labute approximate surface area is 156 Å². The molecule has 1 atom stereocenters. The van der Waals surface area contributed by atoms with Crippen molar-refractivity contribution in [3.63, 3.8) is 0 Å². The highest BCUT2D eigenvalue weighted by Crippen LogP contribution is 2.30. The molecule has 2 aliphatic heterocycles. The molecule has 1 fully saturated rings. The number of carbonyl (C=O) groups excluding carboxylic acids is 1. The summed E-state index contributed by atoms with van der Waals surface area (Å²) in [7, 11) is 1.86. The molecule has 1 aromatic carbocycles. The topological polar surface area (TPSA) is 76.4 Å². The number of aromatic nitrogens is 4. The lowest BCUT2D eigenvalue weighted by Gasteiger charge is -2.34. The number of rotatable bonds is 2. The van der Waals surface area contributed by atoms with Crippen LogP contribution in [0.1, 0.15) is 5.56 Å². The molecular formula is C19H20N6O2. The van der Waals surface area contributed by atoms with Crippen molar-refractivity contribution in [2.24, 2.45) is 7.05 Å². The zero-order chi connectivity index (χ0) is 18.4. The number of hydrogen-bond acceptors (Lipinski definition) is 6. The lowest BCUT2D eigenvalue weighted by Crippen LogP contribution is -2.51. The average molecular weight is 364 g/mol. The molecule has 0 N–H and O–H groups in total. The van der Waals surface area contributed by atoms with Crippen LogP contribution in [0.25, 0.3) is 11.0 Å². The molecule has 3 aromatic rings. The van der Waals surface area contributed by atoms with Gasteiger partial charge in [0, 0.05) is 25.8 Å². The molecule has 2 aromatic heterocycles. The first-order valence-corrected chi connectivity index (χ1v) is 9.11. The van der Waals surface area contributed by atoms with Crippen molar-refractivity contribution in [1.29, 1.82) is 0 Å². The molecule has 0 saturated carbocycles. The summed E-state index contributed by atoms with van der Waals surface area (Å²) in [6.07, 6.45) is 3.70. The van der Waals surface area contributed by atoms with Gasteiger partial charge in [-0.15, -0.1) is 0 Å². The summed E-state index contributed by atoms with van der Waals surface area (Å²) in [6.45, 7) is 2.34. The van der Waals surface area contributed by atoms with E-state index in [0.717, 1.165) is 29.0 Å². The van der Waals surface area contributed by atoms with Crippen LogP contribution in [-0.4, -0.2) is 58.0 Å². The minimum absolute atomic E-state index is 0.0149. The highest BCUT2D eigenvalue weighted by molar-refractivity contribution is 5.99. The Bertz CT molecular complexity index is 1020. The first kappa shape index (κ1) is 16.2. The fraction of sp³-hybridized carbons (Fsp3) is 0.368. The van der Waals surface area contributed by atoms with Crippen LogP contribution in [0.3, 0.4) is 0 Å². The second-order valence-electron chi connectivity index (χ2n) is 6.88. The third kappa shape index (κ3) is 2.64. The Morgan fingerprint density at radius 2 is 2.11 bits per heavy atom. The van der Waals surface area contributed by atoms with Crippen molar-refractivity contribution in [1.82, 2.24) is 19.7 Å². The van der Waals surface area contributed by atoms with Gasteiger partial charge in [0.1, 0.15) is 12.1 Å². The summed E-state index contributed by atoms with van der Waals surface area (Å²) >= 11 is 0. The normalized spacial score (nSPS) is 19.5. The summed E-state index contributed by atoms with van der Waals surface area (Å²) < 4.78 is 7.57. The molecule has 8 nitrogen and oxygen atoms in total. The van der Waals surface area contributed by atoms with Gasteiger partial charge in [0.15, 0.2) is 11.8 Å². The molecule has 0 aliphatic carbocycles. The molecule has 27 heavy (non-hydrogen) atoms. The lowest BCUT2D eigenvalue weighted by atomic mass is 10.2. The third-order valence-corrected chi connectivity index (χ3v) is 5.30. The first-order chi connectivity index (χ1) is 13.2. The lowest BCUT2D eigenvalue weighted by molar-refractivity contribution is -0.130. The van der Waals surface area contributed by atoms with Crippen LogP contribution >= 0.6 is 0 Å². The standard InChI is InChI=1S/C19H20N6O2/c1-23-17-14(10-22-23)18(21-12-20-17)24-8-9-27-16(11-24)19(26)25-7-6-13-4-2-3-5-15(13)25/h2-5,10,12,16H,6-9,11H2,1H3. The van der Waals surface area contributed by atoms with Gasteiger partial charge in [-0.25, -0.2) is 9.97 Å². The average Bonchev–Trinajstić information content (AvgIpc) is 3.31. The van der Waals surface area contributed by atoms with Crippen molar-refractivity contribution in [3.8, 4) is 0 Å². The van der Waals surface area contributed by atoms with Crippen LogP contribution in [0.15, 0.2) is 36.8 Å². The van der Waals surface area contributed by atoms with Crippen LogP contribution in [0.4, 0.5) is 11.5 Å². The van der Waals surface area contributed by atoms with Gasteiger partial charge in [0.05, 0.1) is 24.7 Å². The van der Waals surface area contributed by atoms with E-state index in [0.29, 0.717) is 26.2 Å². The Hall–Kier alpha value is -3.00. The maximum absolute atomic E-state index is 13.1. The van der Waals surface area contributed by atoms with E-state index >= 15 is 0 Å². The predicted octanol–water partition coefficient (Wildman–Crippen LogP) is 1.16. The molecule has 0 radical (unpaired) electrons. The Morgan fingerprint density at radius 1 is 1.22 bits per heavy atom. The molecule has 0 bridgehead atoms. The maximum atomic E-state index is 13.1. The van der Waals surface area contributed by atoms with Crippen molar-refractivity contribution >= 4 is 28.4 Å². The van der Waals surface area contributed by atoms with Gasteiger partial charge in [-0.1, -0.05) is 18.2 Å². The van der Waals surface area contributed by atoms with Crippen LogP contribution < -0.4 is 9.80 Å². The largest absolute Gasteiger partial charge is 0.365 e. The van der Waals surface area contributed by atoms with Gasteiger partial charge in [-0.2, -0.15) is 5.10 Å². The van der Waals surface area contributed by atoms with Crippen LogP contribution in [-0.2, 0) is 23.0 Å².